The molecule has 2 aromatic rings. The maximum absolute atomic E-state index is 12.7. The van der Waals surface area contributed by atoms with Crippen LogP contribution in [0.5, 0.6) is 0 Å². The van der Waals surface area contributed by atoms with Crippen molar-refractivity contribution in [2.45, 2.75) is 25.3 Å². The largest absolute Gasteiger partial charge is 0.336 e. The second kappa shape index (κ2) is 6.69. The molecule has 2 aliphatic rings. The summed E-state index contributed by atoms with van der Waals surface area (Å²) in [6.07, 6.45) is 7.08. The first-order valence-corrected chi connectivity index (χ1v) is 8.72. The van der Waals surface area contributed by atoms with Crippen molar-refractivity contribution in [3.63, 3.8) is 0 Å². The summed E-state index contributed by atoms with van der Waals surface area (Å²) in [7, 11) is 0. The Kier molecular flexibility index (Phi) is 4.26. The van der Waals surface area contributed by atoms with Gasteiger partial charge in [-0.25, -0.2) is 9.97 Å². The van der Waals surface area contributed by atoms with E-state index in [1.165, 1.54) is 25.8 Å². The van der Waals surface area contributed by atoms with Crippen LogP contribution in [0, 0.1) is 0 Å². The second-order valence-corrected chi connectivity index (χ2v) is 6.60. The van der Waals surface area contributed by atoms with Gasteiger partial charge in [-0.2, -0.15) is 0 Å². The molecular weight excluding hydrogens is 300 g/mol. The number of piperazine rings is 1. The summed E-state index contributed by atoms with van der Waals surface area (Å²) in [5.41, 5.74) is 1.55. The summed E-state index contributed by atoms with van der Waals surface area (Å²) in [6, 6.07) is 10.4. The van der Waals surface area contributed by atoms with E-state index in [1.54, 1.807) is 12.4 Å². The zero-order valence-electron chi connectivity index (χ0n) is 13.8. The van der Waals surface area contributed by atoms with Crippen molar-refractivity contribution in [1.82, 2.24) is 19.8 Å². The molecule has 1 amide bonds. The number of benzene rings is 1. The molecule has 1 aromatic carbocycles. The van der Waals surface area contributed by atoms with E-state index < -0.39 is 0 Å². The number of hydrogen-bond donors (Lipinski definition) is 0. The van der Waals surface area contributed by atoms with Crippen LogP contribution in [-0.2, 0) is 0 Å². The van der Waals surface area contributed by atoms with Crippen LogP contribution in [0.1, 0.15) is 29.6 Å². The van der Waals surface area contributed by atoms with E-state index in [-0.39, 0.29) is 5.91 Å². The lowest BCUT2D eigenvalue weighted by molar-refractivity contribution is 0.0372. The molecule has 24 heavy (non-hydrogen) atoms. The van der Waals surface area contributed by atoms with Crippen LogP contribution < -0.4 is 0 Å². The monoisotopic (exact) mass is 322 g/mol. The fourth-order valence-corrected chi connectivity index (χ4v) is 3.70. The Balaban J connectivity index is 1.46. The van der Waals surface area contributed by atoms with Crippen LogP contribution in [0.25, 0.3) is 11.4 Å². The molecule has 1 unspecified atom stereocenters. The van der Waals surface area contributed by atoms with Crippen LogP contribution in [-0.4, -0.2) is 57.9 Å². The fraction of sp³-hybridized carbons (Fsp3) is 0.421. The first-order valence-electron chi connectivity index (χ1n) is 8.72. The lowest BCUT2D eigenvalue weighted by Crippen LogP contribution is -2.56. The molecule has 124 valence electrons. The Bertz CT molecular complexity index is 701. The number of hydrogen-bond acceptors (Lipinski definition) is 4. The normalized spacial score (nSPS) is 21.3. The lowest BCUT2D eigenvalue weighted by Gasteiger charge is -2.44. The van der Waals surface area contributed by atoms with Crippen molar-refractivity contribution in [3.8, 4) is 11.4 Å². The van der Waals surface area contributed by atoms with E-state index in [9.17, 15) is 4.79 Å². The molecule has 5 nitrogen and oxygen atoms in total. The number of fused-ring (bicyclic) bond motifs is 1. The Labute approximate surface area is 142 Å². The number of rotatable bonds is 2. The molecule has 0 N–H and O–H groups in total. The van der Waals surface area contributed by atoms with E-state index in [2.05, 4.69) is 14.9 Å². The molecular formula is C19H22N4O. The maximum atomic E-state index is 12.7. The van der Waals surface area contributed by atoms with Gasteiger partial charge in [-0.15, -0.1) is 0 Å². The van der Waals surface area contributed by atoms with Crippen molar-refractivity contribution in [3.05, 3.63) is 48.3 Å². The molecule has 2 fully saturated rings. The van der Waals surface area contributed by atoms with Gasteiger partial charge in [0.05, 0.1) is 5.56 Å². The summed E-state index contributed by atoms with van der Waals surface area (Å²) in [6.45, 7) is 3.80. The van der Waals surface area contributed by atoms with Gasteiger partial charge >= 0.3 is 0 Å². The number of carbonyl (C=O) groups excluding carboxylic acids is 1. The molecule has 0 spiro atoms. The van der Waals surface area contributed by atoms with Gasteiger partial charge < -0.3 is 4.90 Å². The molecule has 0 radical (unpaired) electrons. The molecule has 2 saturated heterocycles. The predicted molar refractivity (Wildman–Crippen MR) is 92.6 cm³/mol. The molecule has 2 aliphatic heterocycles. The molecule has 0 aliphatic carbocycles. The van der Waals surface area contributed by atoms with Crippen LogP contribution in [0.2, 0.25) is 0 Å². The SMILES string of the molecule is O=C(c1cnc(-c2ccccc2)nc1)N1CCN2CCCCC2C1. The molecule has 0 bridgehead atoms. The highest BCUT2D eigenvalue weighted by Crippen LogP contribution is 2.22. The van der Waals surface area contributed by atoms with E-state index in [0.29, 0.717) is 17.4 Å². The first kappa shape index (κ1) is 15.3. The van der Waals surface area contributed by atoms with Gasteiger partial charge in [-0.1, -0.05) is 36.8 Å². The third-order valence-electron chi connectivity index (χ3n) is 5.06. The summed E-state index contributed by atoms with van der Waals surface area (Å²) in [4.78, 5) is 26.0. The van der Waals surface area contributed by atoms with E-state index >= 15 is 0 Å². The molecule has 5 heteroatoms. The standard InChI is InChI=1S/C19H22N4O/c24-19(23-11-10-22-9-5-4-8-17(22)14-23)16-12-20-18(21-13-16)15-6-2-1-3-7-15/h1-3,6-7,12-13,17H,4-5,8-11,14H2. The minimum absolute atomic E-state index is 0.0554. The Morgan fingerprint density at radius 2 is 1.79 bits per heavy atom. The fourth-order valence-electron chi connectivity index (χ4n) is 3.70. The number of amides is 1. The highest BCUT2D eigenvalue weighted by molar-refractivity contribution is 5.93. The van der Waals surface area contributed by atoms with Gasteiger partial charge in [0, 0.05) is 43.6 Å². The third-order valence-corrected chi connectivity index (χ3v) is 5.06. The van der Waals surface area contributed by atoms with Crippen molar-refractivity contribution >= 4 is 5.91 Å². The summed E-state index contributed by atoms with van der Waals surface area (Å²) in [5.74, 6) is 0.712. The Morgan fingerprint density at radius 3 is 2.58 bits per heavy atom. The van der Waals surface area contributed by atoms with Crippen LogP contribution in [0.15, 0.2) is 42.7 Å². The molecule has 4 rings (SSSR count). The quantitative estimate of drug-likeness (QED) is 0.852. The van der Waals surface area contributed by atoms with Crippen molar-refractivity contribution in [2.75, 3.05) is 26.2 Å². The van der Waals surface area contributed by atoms with Gasteiger partial charge in [0.15, 0.2) is 5.82 Å². The number of piperidine rings is 1. The molecule has 3 heterocycles. The summed E-state index contributed by atoms with van der Waals surface area (Å²) < 4.78 is 0. The Hall–Kier alpha value is -2.27. The van der Waals surface area contributed by atoms with Crippen LogP contribution in [0.4, 0.5) is 0 Å². The lowest BCUT2D eigenvalue weighted by atomic mass is 9.99. The van der Waals surface area contributed by atoms with Crippen LogP contribution >= 0.6 is 0 Å². The highest BCUT2D eigenvalue weighted by Gasteiger charge is 2.31. The topological polar surface area (TPSA) is 49.3 Å². The predicted octanol–water partition coefficient (Wildman–Crippen LogP) is 2.45. The van der Waals surface area contributed by atoms with E-state index in [0.717, 1.165) is 25.2 Å². The molecule has 1 aromatic heterocycles. The summed E-state index contributed by atoms with van der Waals surface area (Å²) >= 11 is 0. The van der Waals surface area contributed by atoms with Gasteiger partial charge in [0.1, 0.15) is 0 Å². The van der Waals surface area contributed by atoms with Crippen molar-refractivity contribution in [2.24, 2.45) is 0 Å². The molecule has 1 atom stereocenters. The van der Waals surface area contributed by atoms with Crippen molar-refractivity contribution < 1.29 is 4.79 Å². The first-order chi connectivity index (χ1) is 11.8. The minimum Gasteiger partial charge on any atom is -0.336 e. The van der Waals surface area contributed by atoms with E-state index in [4.69, 9.17) is 0 Å². The zero-order chi connectivity index (χ0) is 16.4. The Morgan fingerprint density at radius 1 is 1.00 bits per heavy atom. The highest BCUT2D eigenvalue weighted by atomic mass is 16.2. The number of aromatic nitrogens is 2. The second-order valence-electron chi connectivity index (χ2n) is 6.60. The van der Waals surface area contributed by atoms with Crippen molar-refractivity contribution in [1.29, 1.82) is 0 Å². The number of nitrogens with zero attached hydrogens (tertiary/aromatic N) is 4. The third kappa shape index (κ3) is 3.04. The maximum Gasteiger partial charge on any atom is 0.257 e. The van der Waals surface area contributed by atoms with Gasteiger partial charge in [0.2, 0.25) is 0 Å². The minimum atomic E-state index is 0.0554. The number of carbonyl (C=O) groups is 1. The average Bonchev–Trinajstić information content (AvgIpc) is 2.68. The van der Waals surface area contributed by atoms with Crippen LogP contribution in [0.3, 0.4) is 0 Å². The zero-order valence-corrected chi connectivity index (χ0v) is 13.8. The van der Waals surface area contributed by atoms with Gasteiger partial charge in [-0.3, -0.25) is 9.69 Å². The van der Waals surface area contributed by atoms with E-state index in [1.807, 2.05) is 35.2 Å². The average molecular weight is 322 g/mol. The van der Waals surface area contributed by atoms with Gasteiger partial charge in [-0.05, 0) is 19.4 Å². The summed E-state index contributed by atoms with van der Waals surface area (Å²) in [5, 5.41) is 0. The smallest absolute Gasteiger partial charge is 0.257 e. The molecule has 0 saturated carbocycles. The van der Waals surface area contributed by atoms with Gasteiger partial charge in [0.25, 0.3) is 5.91 Å².